The lowest BCUT2D eigenvalue weighted by atomic mass is 10.1. The molecule has 2 aromatic carbocycles. The van der Waals surface area contributed by atoms with Crippen LogP contribution in [-0.4, -0.2) is 10.1 Å². The molecule has 3 rings (SSSR count). The maximum atomic E-state index is 9.42. The molecule has 0 aliphatic rings. The van der Waals surface area contributed by atoms with Crippen LogP contribution in [0.3, 0.4) is 0 Å². The van der Waals surface area contributed by atoms with E-state index in [4.69, 9.17) is 0 Å². The van der Waals surface area contributed by atoms with E-state index in [9.17, 15) is 5.11 Å². The van der Waals surface area contributed by atoms with Crippen LogP contribution in [0.15, 0.2) is 42.6 Å². The van der Waals surface area contributed by atoms with Crippen LogP contribution in [-0.2, 0) is 0 Å². The minimum absolute atomic E-state index is 0.311. The number of hydrogen-bond acceptors (Lipinski definition) is 1. The SMILES string of the molecule is Oc1ccc2ccc3[nH]ccc3c2c1. The summed E-state index contributed by atoms with van der Waals surface area (Å²) in [5.41, 5.74) is 1.10. The van der Waals surface area contributed by atoms with E-state index in [-0.39, 0.29) is 0 Å². The average molecular weight is 183 g/mol. The van der Waals surface area contributed by atoms with Gasteiger partial charge in [-0.3, -0.25) is 0 Å². The van der Waals surface area contributed by atoms with Gasteiger partial charge in [-0.05, 0) is 35.0 Å². The predicted molar refractivity (Wildman–Crippen MR) is 57.5 cm³/mol. The van der Waals surface area contributed by atoms with Crippen LogP contribution in [0.5, 0.6) is 5.75 Å². The van der Waals surface area contributed by atoms with Crippen molar-refractivity contribution in [2.24, 2.45) is 0 Å². The fraction of sp³-hybridized carbons (Fsp3) is 0. The predicted octanol–water partition coefficient (Wildman–Crippen LogP) is 3.03. The summed E-state index contributed by atoms with van der Waals surface area (Å²) >= 11 is 0. The lowest BCUT2D eigenvalue weighted by molar-refractivity contribution is 0.476. The van der Waals surface area contributed by atoms with Crippen molar-refractivity contribution in [3.05, 3.63) is 42.6 Å². The summed E-state index contributed by atoms with van der Waals surface area (Å²) in [6, 6.07) is 11.6. The van der Waals surface area contributed by atoms with Crippen molar-refractivity contribution in [1.29, 1.82) is 0 Å². The minimum atomic E-state index is 0.311. The molecule has 0 bridgehead atoms. The van der Waals surface area contributed by atoms with E-state index in [1.807, 2.05) is 24.4 Å². The Morgan fingerprint density at radius 1 is 0.929 bits per heavy atom. The summed E-state index contributed by atoms with van der Waals surface area (Å²) in [4.78, 5) is 3.15. The summed E-state index contributed by atoms with van der Waals surface area (Å²) in [7, 11) is 0. The molecular weight excluding hydrogens is 174 g/mol. The van der Waals surface area contributed by atoms with Crippen LogP contribution >= 0.6 is 0 Å². The lowest BCUT2D eigenvalue weighted by Crippen LogP contribution is -1.74. The molecule has 0 aliphatic carbocycles. The number of benzene rings is 2. The molecule has 0 saturated carbocycles. The summed E-state index contributed by atoms with van der Waals surface area (Å²) in [5, 5.41) is 12.8. The van der Waals surface area contributed by atoms with Crippen molar-refractivity contribution in [2.45, 2.75) is 0 Å². The van der Waals surface area contributed by atoms with Gasteiger partial charge < -0.3 is 10.1 Å². The minimum Gasteiger partial charge on any atom is -0.508 e. The van der Waals surface area contributed by atoms with Crippen LogP contribution < -0.4 is 0 Å². The number of phenolic OH excluding ortho intramolecular Hbond substituents is 1. The molecule has 1 heterocycles. The van der Waals surface area contributed by atoms with Gasteiger partial charge in [0.25, 0.3) is 0 Å². The number of aromatic amines is 1. The van der Waals surface area contributed by atoms with Gasteiger partial charge in [-0.2, -0.15) is 0 Å². The van der Waals surface area contributed by atoms with E-state index in [0.29, 0.717) is 5.75 Å². The number of hydrogen-bond donors (Lipinski definition) is 2. The second kappa shape index (κ2) is 2.51. The van der Waals surface area contributed by atoms with Crippen LogP contribution in [0.2, 0.25) is 0 Å². The van der Waals surface area contributed by atoms with Gasteiger partial charge in [0, 0.05) is 17.1 Å². The number of nitrogens with one attached hydrogen (secondary N) is 1. The van der Waals surface area contributed by atoms with Gasteiger partial charge in [0.1, 0.15) is 5.75 Å². The molecule has 2 nitrogen and oxygen atoms in total. The van der Waals surface area contributed by atoms with Crippen molar-refractivity contribution in [1.82, 2.24) is 4.98 Å². The van der Waals surface area contributed by atoms with Crippen LogP contribution in [0.25, 0.3) is 21.7 Å². The zero-order valence-electron chi connectivity index (χ0n) is 7.49. The second-order valence-electron chi connectivity index (χ2n) is 3.41. The Balaban J connectivity index is 2.60. The average Bonchev–Trinajstić information content (AvgIpc) is 2.65. The van der Waals surface area contributed by atoms with Gasteiger partial charge in [-0.25, -0.2) is 0 Å². The highest BCUT2D eigenvalue weighted by molar-refractivity contribution is 6.06. The van der Waals surface area contributed by atoms with E-state index >= 15 is 0 Å². The third-order valence-corrected chi connectivity index (χ3v) is 2.54. The monoisotopic (exact) mass is 183 g/mol. The fourth-order valence-corrected chi connectivity index (χ4v) is 1.85. The van der Waals surface area contributed by atoms with E-state index in [0.717, 1.165) is 21.7 Å². The molecule has 0 atom stereocenters. The second-order valence-corrected chi connectivity index (χ2v) is 3.41. The van der Waals surface area contributed by atoms with Gasteiger partial charge >= 0.3 is 0 Å². The molecule has 1 aromatic heterocycles. The Kier molecular flexibility index (Phi) is 1.34. The molecule has 2 N–H and O–H groups in total. The zero-order valence-corrected chi connectivity index (χ0v) is 7.49. The van der Waals surface area contributed by atoms with Crippen molar-refractivity contribution in [3.8, 4) is 5.75 Å². The van der Waals surface area contributed by atoms with E-state index in [2.05, 4.69) is 11.1 Å². The topological polar surface area (TPSA) is 36.0 Å². The summed E-state index contributed by atoms with van der Waals surface area (Å²) in [5.74, 6) is 0.311. The van der Waals surface area contributed by atoms with Gasteiger partial charge in [0.2, 0.25) is 0 Å². The highest BCUT2D eigenvalue weighted by Crippen LogP contribution is 2.27. The first-order valence-corrected chi connectivity index (χ1v) is 4.53. The quantitative estimate of drug-likeness (QED) is 0.552. The Morgan fingerprint density at radius 2 is 1.79 bits per heavy atom. The van der Waals surface area contributed by atoms with Gasteiger partial charge in [-0.15, -0.1) is 0 Å². The molecule has 14 heavy (non-hydrogen) atoms. The Bertz CT molecular complexity index is 610. The molecule has 0 radical (unpaired) electrons. The number of aromatic nitrogens is 1. The van der Waals surface area contributed by atoms with E-state index in [1.54, 1.807) is 12.1 Å². The summed E-state index contributed by atoms with van der Waals surface area (Å²) < 4.78 is 0. The molecule has 0 saturated heterocycles. The highest BCUT2D eigenvalue weighted by atomic mass is 16.3. The fourth-order valence-electron chi connectivity index (χ4n) is 1.85. The Morgan fingerprint density at radius 3 is 2.71 bits per heavy atom. The molecule has 0 fully saturated rings. The number of H-pyrrole nitrogens is 1. The van der Waals surface area contributed by atoms with Gasteiger partial charge in [0.05, 0.1) is 0 Å². The normalized spacial score (nSPS) is 11.1. The zero-order chi connectivity index (χ0) is 9.54. The van der Waals surface area contributed by atoms with Crippen LogP contribution in [0.4, 0.5) is 0 Å². The number of fused-ring (bicyclic) bond motifs is 3. The molecule has 68 valence electrons. The largest absolute Gasteiger partial charge is 0.508 e. The third-order valence-electron chi connectivity index (χ3n) is 2.54. The van der Waals surface area contributed by atoms with Crippen molar-refractivity contribution >= 4 is 21.7 Å². The molecule has 2 heteroatoms. The summed E-state index contributed by atoms with van der Waals surface area (Å²) in [6.45, 7) is 0. The highest BCUT2D eigenvalue weighted by Gasteiger charge is 2.01. The van der Waals surface area contributed by atoms with Crippen LogP contribution in [0.1, 0.15) is 0 Å². The van der Waals surface area contributed by atoms with E-state index < -0.39 is 0 Å². The van der Waals surface area contributed by atoms with Crippen molar-refractivity contribution in [3.63, 3.8) is 0 Å². The first-order chi connectivity index (χ1) is 6.84. The van der Waals surface area contributed by atoms with E-state index in [1.165, 1.54) is 0 Å². The number of aromatic hydroxyl groups is 1. The molecule has 0 spiro atoms. The van der Waals surface area contributed by atoms with Crippen LogP contribution in [0, 0.1) is 0 Å². The standard InChI is InChI=1S/C12H9NO/c14-9-3-1-8-2-4-12-10(5-6-13-12)11(8)7-9/h1-7,13-14H. The first-order valence-electron chi connectivity index (χ1n) is 4.53. The maximum absolute atomic E-state index is 9.42. The molecule has 0 amide bonds. The van der Waals surface area contributed by atoms with Gasteiger partial charge in [0.15, 0.2) is 0 Å². The Labute approximate surface area is 80.8 Å². The molecular formula is C12H9NO. The smallest absolute Gasteiger partial charge is 0.116 e. The van der Waals surface area contributed by atoms with Gasteiger partial charge in [-0.1, -0.05) is 12.1 Å². The first kappa shape index (κ1) is 7.44. The Hall–Kier alpha value is -1.96. The lowest BCUT2D eigenvalue weighted by Gasteiger charge is -2.00. The van der Waals surface area contributed by atoms with Crippen molar-refractivity contribution < 1.29 is 5.11 Å². The maximum Gasteiger partial charge on any atom is 0.116 e. The molecule has 3 aromatic rings. The molecule has 0 unspecified atom stereocenters. The third kappa shape index (κ3) is 0.909. The summed E-state index contributed by atoms with van der Waals surface area (Å²) in [6.07, 6.45) is 1.91. The number of phenols is 1. The number of rotatable bonds is 0. The molecule has 0 aliphatic heterocycles. The van der Waals surface area contributed by atoms with Crippen molar-refractivity contribution in [2.75, 3.05) is 0 Å².